The lowest BCUT2D eigenvalue weighted by atomic mass is 10.1. The molecule has 0 unspecified atom stereocenters. The molecule has 2 aromatic rings. The quantitative estimate of drug-likeness (QED) is 0.918. The maximum absolute atomic E-state index is 11.4. The zero-order chi connectivity index (χ0) is 14.9. The maximum atomic E-state index is 11.4. The van der Waals surface area contributed by atoms with Crippen LogP contribution in [0.15, 0.2) is 53.4 Å². The molecule has 0 aliphatic heterocycles. The highest BCUT2D eigenvalue weighted by Gasteiger charge is 2.23. The summed E-state index contributed by atoms with van der Waals surface area (Å²) in [7, 11) is -3.12. The maximum Gasteiger partial charge on any atom is 0.175 e. The fourth-order valence-corrected chi connectivity index (χ4v) is 3.03. The molecule has 0 radical (unpaired) electrons. The normalized spacial score (nSPS) is 14.9. The van der Waals surface area contributed by atoms with Gasteiger partial charge in [-0.05, 0) is 54.2 Å². The predicted molar refractivity (Wildman–Crippen MR) is 85.3 cm³/mol. The molecule has 2 aromatic carbocycles. The van der Waals surface area contributed by atoms with Crippen molar-refractivity contribution < 1.29 is 8.42 Å². The van der Waals surface area contributed by atoms with Crippen molar-refractivity contribution in [2.75, 3.05) is 11.6 Å². The van der Waals surface area contributed by atoms with Crippen molar-refractivity contribution in [2.24, 2.45) is 0 Å². The molecule has 0 atom stereocenters. The van der Waals surface area contributed by atoms with Crippen molar-refractivity contribution in [3.63, 3.8) is 0 Å². The van der Waals surface area contributed by atoms with Crippen LogP contribution >= 0.6 is 0 Å². The highest BCUT2D eigenvalue weighted by atomic mass is 32.2. The van der Waals surface area contributed by atoms with Gasteiger partial charge in [-0.15, -0.1) is 0 Å². The van der Waals surface area contributed by atoms with E-state index in [0.717, 1.165) is 18.2 Å². The minimum Gasteiger partial charge on any atom is -0.381 e. The minimum absolute atomic E-state index is 0.351. The first-order chi connectivity index (χ1) is 10.0. The van der Waals surface area contributed by atoms with Crippen molar-refractivity contribution >= 4 is 15.5 Å². The van der Waals surface area contributed by atoms with Crippen molar-refractivity contribution in [1.82, 2.24) is 0 Å². The topological polar surface area (TPSA) is 46.2 Å². The van der Waals surface area contributed by atoms with Gasteiger partial charge in [0, 0.05) is 18.5 Å². The second-order valence-corrected chi connectivity index (χ2v) is 7.69. The summed E-state index contributed by atoms with van der Waals surface area (Å²) in [5.74, 6) is 0.763. The summed E-state index contributed by atoms with van der Waals surface area (Å²) >= 11 is 0. The number of benzene rings is 2. The summed E-state index contributed by atoms with van der Waals surface area (Å²) < 4.78 is 22.8. The Morgan fingerprint density at radius 1 is 1.10 bits per heavy atom. The Morgan fingerprint density at radius 3 is 2.43 bits per heavy atom. The Balaban J connectivity index is 1.66. The molecule has 21 heavy (non-hydrogen) atoms. The van der Waals surface area contributed by atoms with Crippen LogP contribution in [-0.2, 0) is 16.4 Å². The smallest absolute Gasteiger partial charge is 0.175 e. The van der Waals surface area contributed by atoms with E-state index in [0.29, 0.717) is 4.90 Å². The standard InChI is InChI=1S/C17H19NO2S/c1-21(19,20)17-9-7-16(8-10-17)18-12-13-3-2-4-15(11-13)14-5-6-14/h2-4,7-11,14,18H,5-6,12H2,1H3. The van der Waals surface area contributed by atoms with Crippen LogP contribution < -0.4 is 5.32 Å². The number of hydrogen-bond acceptors (Lipinski definition) is 3. The Labute approximate surface area is 125 Å². The number of hydrogen-bond donors (Lipinski definition) is 1. The van der Waals surface area contributed by atoms with Crippen LogP contribution in [0.3, 0.4) is 0 Å². The first-order valence-corrected chi connectivity index (χ1v) is 9.04. The van der Waals surface area contributed by atoms with Crippen LogP contribution in [0.1, 0.15) is 29.9 Å². The molecule has 0 amide bonds. The van der Waals surface area contributed by atoms with Gasteiger partial charge < -0.3 is 5.32 Å². The zero-order valence-electron chi connectivity index (χ0n) is 12.0. The monoisotopic (exact) mass is 301 g/mol. The van der Waals surface area contributed by atoms with E-state index < -0.39 is 9.84 Å². The molecule has 3 nitrogen and oxygen atoms in total. The number of rotatable bonds is 5. The molecule has 3 rings (SSSR count). The highest BCUT2D eigenvalue weighted by Crippen LogP contribution is 2.40. The average Bonchev–Trinajstić information content (AvgIpc) is 3.30. The first-order valence-electron chi connectivity index (χ1n) is 7.15. The summed E-state index contributed by atoms with van der Waals surface area (Å²) in [6.07, 6.45) is 3.84. The summed E-state index contributed by atoms with van der Waals surface area (Å²) in [5, 5.41) is 3.33. The van der Waals surface area contributed by atoms with Gasteiger partial charge in [-0.1, -0.05) is 24.3 Å². The van der Waals surface area contributed by atoms with Gasteiger partial charge in [0.25, 0.3) is 0 Å². The Bertz CT molecular complexity index is 732. The van der Waals surface area contributed by atoms with E-state index in [1.165, 1.54) is 30.2 Å². The van der Waals surface area contributed by atoms with Crippen LogP contribution in [0.4, 0.5) is 5.69 Å². The molecule has 1 aliphatic carbocycles. The largest absolute Gasteiger partial charge is 0.381 e. The molecule has 0 bridgehead atoms. The van der Waals surface area contributed by atoms with Crippen LogP contribution in [-0.4, -0.2) is 14.7 Å². The Hall–Kier alpha value is -1.81. The molecule has 1 aliphatic rings. The summed E-state index contributed by atoms with van der Waals surface area (Å²) in [6.45, 7) is 0.749. The van der Waals surface area contributed by atoms with Crippen LogP contribution in [0.2, 0.25) is 0 Å². The third kappa shape index (κ3) is 3.64. The van der Waals surface area contributed by atoms with Crippen molar-refractivity contribution in [3.05, 3.63) is 59.7 Å². The molecule has 0 spiro atoms. The third-order valence-electron chi connectivity index (χ3n) is 3.78. The van der Waals surface area contributed by atoms with E-state index in [9.17, 15) is 8.42 Å². The lowest BCUT2D eigenvalue weighted by Gasteiger charge is -2.08. The van der Waals surface area contributed by atoms with Crippen LogP contribution in [0, 0.1) is 0 Å². The van der Waals surface area contributed by atoms with Gasteiger partial charge in [0.15, 0.2) is 9.84 Å². The molecule has 1 N–H and O–H groups in total. The van der Waals surface area contributed by atoms with E-state index in [1.54, 1.807) is 24.3 Å². The molecule has 0 aromatic heterocycles. The molecule has 1 saturated carbocycles. The summed E-state index contributed by atoms with van der Waals surface area (Å²) in [5.41, 5.74) is 3.62. The zero-order valence-corrected chi connectivity index (χ0v) is 12.9. The van der Waals surface area contributed by atoms with Crippen molar-refractivity contribution in [3.8, 4) is 0 Å². The summed E-state index contributed by atoms with van der Waals surface area (Å²) in [4.78, 5) is 0.351. The highest BCUT2D eigenvalue weighted by molar-refractivity contribution is 7.90. The minimum atomic E-state index is -3.12. The van der Waals surface area contributed by atoms with E-state index in [2.05, 4.69) is 29.6 Å². The van der Waals surface area contributed by atoms with Gasteiger partial charge in [0.05, 0.1) is 4.90 Å². The number of anilines is 1. The van der Waals surface area contributed by atoms with Crippen LogP contribution in [0.25, 0.3) is 0 Å². The molecule has 110 valence electrons. The molecule has 0 heterocycles. The average molecular weight is 301 g/mol. The lowest BCUT2D eigenvalue weighted by molar-refractivity contribution is 0.602. The van der Waals surface area contributed by atoms with Crippen LogP contribution in [0.5, 0.6) is 0 Å². The van der Waals surface area contributed by atoms with E-state index in [-0.39, 0.29) is 0 Å². The van der Waals surface area contributed by atoms with E-state index >= 15 is 0 Å². The van der Waals surface area contributed by atoms with Gasteiger partial charge in [-0.25, -0.2) is 8.42 Å². The van der Waals surface area contributed by atoms with Gasteiger partial charge in [-0.3, -0.25) is 0 Å². The Kier molecular flexibility index (Phi) is 3.72. The molecule has 4 heteroatoms. The molecular weight excluding hydrogens is 282 g/mol. The van der Waals surface area contributed by atoms with Gasteiger partial charge in [-0.2, -0.15) is 0 Å². The molecule has 0 saturated heterocycles. The van der Waals surface area contributed by atoms with Gasteiger partial charge in [0.2, 0.25) is 0 Å². The first kappa shape index (κ1) is 14.1. The van der Waals surface area contributed by atoms with Crippen molar-refractivity contribution in [2.45, 2.75) is 30.2 Å². The van der Waals surface area contributed by atoms with E-state index in [4.69, 9.17) is 0 Å². The van der Waals surface area contributed by atoms with Gasteiger partial charge in [0.1, 0.15) is 0 Å². The van der Waals surface area contributed by atoms with Crippen molar-refractivity contribution in [1.29, 1.82) is 0 Å². The SMILES string of the molecule is CS(=O)(=O)c1ccc(NCc2cccc(C3CC3)c2)cc1. The lowest BCUT2D eigenvalue weighted by Crippen LogP contribution is -2.01. The Morgan fingerprint density at radius 2 is 1.81 bits per heavy atom. The van der Waals surface area contributed by atoms with Gasteiger partial charge >= 0.3 is 0 Å². The fourth-order valence-electron chi connectivity index (χ4n) is 2.40. The molecule has 1 fully saturated rings. The van der Waals surface area contributed by atoms with E-state index in [1.807, 2.05) is 0 Å². The third-order valence-corrected chi connectivity index (χ3v) is 4.91. The summed E-state index contributed by atoms with van der Waals surface area (Å²) in [6, 6.07) is 15.6. The number of sulfone groups is 1. The molecular formula is C17H19NO2S. The fraction of sp³-hybridized carbons (Fsp3) is 0.294. The second kappa shape index (κ2) is 5.53. The second-order valence-electron chi connectivity index (χ2n) is 5.67. The predicted octanol–water partition coefficient (Wildman–Crippen LogP) is 3.58. The number of nitrogens with one attached hydrogen (secondary N) is 1.